The molecule has 2 fully saturated rings. The first-order chi connectivity index (χ1) is 8.24. The minimum Gasteiger partial charge on any atom is -0.386 e. The largest absolute Gasteiger partial charge is 0.386 e. The molecule has 1 aliphatic carbocycles. The molecule has 2 aromatic rings. The van der Waals surface area contributed by atoms with E-state index >= 15 is 0 Å². The average Bonchev–Trinajstić information content (AvgIpc) is 3.04. The van der Waals surface area contributed by atoms with Gasteiger partial charge in [0.15, 0.2) is 5.13 Å². The first-order valence-corrected chi connectivity index (χ1v) is 6.89. The normalized spacial score (nSPS) is 22.8. The molecule has 4 rings (SSSR count). The minimum absolute atomic E-state index is 0.419. The van der Waals surface area contributed by atoms with Crippen LogP contribution >= 0.6 is 11.3 Å². The van der Waals surface area contributed by atoms with Crippen molar-refractivity contribution in [1.29, 1.82) is 0 Å². The number of hydrogen-bond donors (Lipinski definition) is 1. The highest BCUT2D eigenvalue weighted by Gasteiger charge is 2.52. The van der Waals surface area contributed by atoms with Gasteiger partial charge in [-0.05, 0) is 30.9 Å². The minimum atomic E-state index is -0.419. The second-order valence-electron chi connectivity index (χ2n) is 5.20. The molecule has 1 aliphatic heterocycles. The van der Waals surface area contributed by atoms with Crippen LogP contribution in [0.4, 0.5) is 5.13 Å². The summed E-state index contributed by atoms with van der Waals surface area (Å²) in [5.41, 5.74) is 0.645. The van der Waals surface area contributed by atoms with Crippen LogP contribution in [0, 0.1) is 5.92 Å². The molecule has 4 heteroatoms. The van der Waals surface area contributed by atoms with Gasteiger partial charge in [-0.25, -0.2) is 4.98 Å². The lowest BCUT2D eigenvalue weighted by atomic mass is 9.89. The first-order valence-electron chi connectivity index (χ1n) is 6.07. The molecule has 0 atom stereocenters. The number of hydrogen-bond acceptors (Lipinski definition) is 4. The van der Waals surface area contributed by atoms with Crippen LogP contribution in [-0.4, -0.2) is 28.8 Å². The highest BCUT2D eigenvalue weighted by Crippen LogP contribution is 2.46. The monoisotopic (exact) mass is 246 g/mol. The van der Waals surface area contributed by atoms with Crippen LogP contribution in [0.5, 0.6) is 0 Å². The third kappa shape index (κ3) is 1.47. The van der Waals surface area contributed by atoms with Gasteiger partial charge in [-0.2, -0.15) is 0 Å². The van der Waals surface area contributed by atoms with E-state index in [2.05, 4.69) is 16.0 Å². The highest BCUT2D eigenvalue weighted by molar-refractivity contribution is 7.22. The smallest absolute Gasteiger partial charge is 0.186 e. The van der Waals surface area contributed by atoms with E-state index in [9.17, 15) is 5.11 Å². The predicted octanol–water partition coefficient (Wildman–Crippen LogP) is 2.26. The third-order valence-corrected chi connectivity index (χ3v) is 4.92. The summed E-state index contributed by atoms with van der Waals surface area (Å²) in [6, 6.07) is 8.20. The molecule has 0 radical (unpaired) electrons. The number of aromatic nitrogens is 1. The SMILES string of the molecule is OC1(C2CC2)CN(c2nc3ccccc3s2)C1. The lowest BCUT2D eigenvalue weighted by Gasteiger charge is -2.46. The summed E-state index contributed by atoms with van der Waals surface area (Å²) in [5.74, 6) is 0.549. The fourth-order valence-corrected chi connectivity index (χ4v) is 3.59. The van der Waals surface area contributed by atoms with Gasteiger partial charge in [0.25, 0.3) is 0 Å². The number of nitrogens with zero attached hydrogens (tertiary/aromatic N) is 2. The molecular weight excluding hydrogens is 232 g/mol. The summed E-state index contributed by atoms with van der Waals surface area (Å²) in [6.45, 7) is 1.52. The number of fused-ring (bicyclic) bond motifs is 1. The number of para-hydroxylation sites is 1. The summed E-state index contributed by atoms with van der Waals surface area (Å²) in [7, 11) is 0. The fourth-order valence-electron chi connectivity index (χ4n) is 2.62. The number of β-amino-alcohol motifs (C(OH)–C–C–N with tert-alkyl or cyclic N) is 1. The molecule has 1 N–H and O–H groups in total. The van der Waals surface area contributed by atoms with Crippen LogP contribution in [0.25, 0.3) is 10.2 Å². The van der Waals surface area contributed by atoms with Crippen molar-refractivity contribution < 1.29 is 5.11 Å². The van der Waals surface area contributed by atoms with Crippen molar-refractivity contribution in [2.75, 3.05) is 18.0 Å². The van der Waals surface area contributed by atoms with E-state index in [1.54, 1.807) is 11.3 Å². The Hall–Kier alpha value is -1.13. The quantitative estimate of drug-likeness (QED) is 0.883. The maximum absolute atomic E-state index is 10.3. The summed E-state index contributed by atoms with van der Waals surface area (Å²) < 4.78 is 1.23. The van der Waals surface area contributed by atoms with Crippen LogP contribution in [-0.2, 0) is 0 Å². The first kappa shape index (κ1) is 9.85. The predicted molar refractivity (Wildman–Crippen MR) is 69.5 cm³/mol. The van der Waals surface area contributed by atoms with Crippen LogP contribution in [0.3, 0.4) is 0 Å². The molecule has 1 aromatic carbocycles. The number of rotatable bonds is 2. The lowest BCUT2D eigenvalue weighted by molar-refractivity contribution is -0.00930. The van der Waals surface area contributed by atoms with Gasteiger partial charge < -0.3 is 10.0 Å². The number of anilines is 1. The molecule has 0 spiro atoms. The van der Waals surface area contributed by atoms with Crippen molar-refractivity contribution in [2.24, 2.45) is 5.92 Å². The molecule has 0 amide bonds. The molecule has 3 nitrogen and oxygen atoms in total. The standard InChI is InChI=1S/C13H14N2OS/c16-13(9-5-6-9)7-15(8-13)12-14-10-3-1-2-4-11(10)17-12/h1-4,9,16H,5-8H2. The number of thiazole rings is 1. The molecule has 88 valence electrons. The van der Waals surface area contributed by atoms with Crippen LogP contribution < -0.4 is 4.90 Å². The third-order valence-electron chi connectivity index (χ3n) is 3.82. The fraction of sp³-hybridized carbons (Fsp3) is 0.462. The Morgan fingerprint density at radius 2 is 2.06 bits per heavy atom. The summed E-state index contributed by atoms with van der Waals surface area (Å²) in [6.07, 6.45) is 2.40. The van der Waals surface area contributed by atoms with E-state index < -0.39 is 5.60 Å². The van der Waals surface area contributed by atoms with Crippen LogP contribution in [0.15, 0.2) is 24.3 Å². The van der Waals surface area contributed by atoms with Gasteiger partial charge in [0, 0.05) is 0 Å². The van der Waals surface area contributed by atoms with Crippen molar-refractivity contribution in [1.82, 2.24) is 4.98 Å². The van der Waals surface area contributed by atoms with Gasteiger partial charge in [-0.15, -0.1) is 0 Å². The molecular formula is C13H14N2OS. The molecule has 1 saturated carbocycles. The molecule has 0 bridgehead atoms. The Morgan fingerprint density at radius 1 is 1.29 bits per heavy atom. The zero-order valence-electron chi connectivity index (χ0n) is 9.47. The topological polar surface area (TPSA) is 36.4 Å². The van der Waals surface area contributed by atoms with Crippen molar-refractivity contribution in [2.45, 2.75) is 18.4 Å². The molecule has 17 heavy (non-hydrogen) atoms. The van der Waals surface area contributed by atoms with E-state index in [0.717, 1.165) is 23.7 Å². The van der Waals surface area contributed by atoms with Gasteiger partial charge >= 0.3 is 0 Å². The Bertz CT molecular complexity index is 537. The van der Waals surface area contributed by atoms with Crippen molar-refractivity contribution in [3.63, 3.8) is 0 Å². The Morgan fingerprint density at radius 3 is 2.76 bits per heavy atom. The van der Waals surface area contributed by atoms with Gasteiger partial charge in [-0.1, -0.05) is 23.5 Å². The van der Waals surface area contributed by atoms with E-state index in [1.807, 2.05) is 18.2 Å². The summed E-state index contributed by atoms with van der Waals surface area (Å²) in [5, 5.41) is 11.3. The van der Waals surface area contributed by atoms with E-state index in [-0.39, 0.29) is 0 Å². The summed E-state index contributed by atoms with van der Waals surface area (Å²) >= 11 is 1.72. The van der Waals surface area contributed by atoms with Gasteiger partial charge in [-0.3, -0.25) is 0 Å². The molecule has 1 saturated heterocycles. The zero-order chi connectivity index (χ0) is 11.5. The summed E-state index contributed by atoms with van der Waals surface area (Å²) in [4.78, 5) is 6.81. The Labute approximate surface area is 104 Å². The molecule has 0 unspecified atom stereocenters. The highest BCUT2D eigenvalue weighted by atomic mass is 32.1. The van der Waals surface area contributed by atoms with Crippen LogP contribution in [0.2, 0.25) is 0 Å². The molecule has 2 heterocycles. The number of benzene rings is 1. The van der Waals surface area contributed by atoms with E-state index in [4.69, 9.17) is 0 Å². The van der Waals surface area contributed by atoms with Gasteiger partial charge in [0.1, 0.15) is 5.60 Å². The van der Waals surface area contributed by atoms with Gasteiger partial charge in [0.2, 0.25) is 0 Å². The maximum Gasteiger partial charge on any atom is 0.186 e. The second-order valence-corrected chi connectivity index (χ2v) is 6.21. The average molecular weight is 246 g/mol. The van der Waals surface area contributed by atoms with Crippen LogP contribution in [0.1, 0.15) is 12.8 Å². The molecule has 1 aromatic heterocycles. The maximum atomic E-state index is 10.3. The number of aliphatic hydroxyl groups is 1. The van der Waals surface area contributed by atoms with E-state index in [0.29, 0.717) is 5.92 Å². The Balaban J connectivity index is 1.60. The van der Waals surface area contributed by atoms with Gasteiger partial charge in [0.05, 0.1) is 23.3 Å². The lowest BCUT2D eigenvalue weighted by Crippen LogP contribution is -2.63. The van der Waals surface area contributed by atoms with Crippen molar-refractivity contribution >= 4 is 26.7 Å². The Kier molecular flexibility index (Phi) is 1.86. The van der Waals surface area contributed by atoms with E-state index in [1.165, 1.54) is 17.5 Å². The zero-order valence-corrected chi connectivity index (χ0v) is 10.3. The van der Waals surface area contributed by atoms with Crippen molar-refractivity contribution in [3.8, 4) is 0 Å². The van der Waals surface area contributed by atoms with Crippen molar-refractivity contribution in [3.05, 3.63) is 24.3 Å². The second kappa shape index (κ2) is 3.21. The molecule has 2 aliphatic rings.